The standard InChI is InChI=1S/C20H19NO6S/c1-24-14-5-6-15(16(22)9-14)20(23)27-10-13-11-28-19(21-13)12-4-7-17(25-2)18(8-12)26-3/h4-9,11,22H,10H2,1-3H3. The molecule has 0 saturated heterocycles. The highest BCUT2D eigenvalue weighted by molar-refractivity contribution is 7.13. The molecule has 0 aliphatic carbocycles. The zero-order valence-corrected chi connectivity index (χ0v) is 16.4. The Morgan fingerprint density at radius 2 is 1.82 bits per heavy atom. The minimum atomic E-state index is -0.638. The first kappa shape index (κ1) is 19.5. The molecule has 1 N–H and O–H groups in total. The van der Waals surface area contributed by atoms with Crippen molar-refractivity contribution >= 4 is 17.3 Å². The lowest BCUT2D eigenvalue weighted by Crippen LogP contribution is -2.06. The number of carbonyl (C=O) groups excluding carboxylic acids is 1. The Kier molecular flexibility index (Phi) is 6.00. The predicted molar refractivity (Wildman–Crippen MR) is 104 cm³/mol. The summed E-state index contributed by atoms with van der Waals surface area (Å²) in [7, 11) is 4.63. The Bertz CT molecular complexity index is 985. The number of thiazole rings is 1. The van der Waals surface area contributed by atoms with Crippen molar-refractivity contribution in [1.29, 1.82) is 0 Å². The third-order valence-electron chi connectivity index (χ3n) is 3.96. The summed E-state index contributed by atoms with van der Waals surface area (Å²) in [6.45, 7) is -0.00586. The number of hydrogen-bond acceptors (Lipinski definition) is 8. The van der Waals surface area contributed by atoms with Crippen LogP contribution in [0, 0.1) is 0 Å². The minimum Gasteiger partial charge on any atom is -0.507 e. The number of nitrogens with zero attached hydrogens (tertiary/aromatic N) is 1. The van der Waals surface area contributed by atoms with Crippen LogP contribution in [0.25, 0.3) is 10.6 Å². The monoisotopic (exact) mass is 401 g/mol. The number of carbonyl (C=O) groups is 1. The lowest BCUT2D eigenvalue weighted by molar-refractivity contribution is 0.0465. The van der Waals surface area contributed by atoms with Gasteiger partial charge in [0.2, 0.25) is 0 Å². The van der Waals surface area contributed by atoms with E-state index in [2.05, 4.69) is 4.98 Å². The maximum absolute atomic E-state index is 12.2. The molecule has 7 nitrogen and oxygen atoms in total. The van der Waals surface area contributed by atoms with E-state index in [1.807, 2.05) is 23.6 Å². The first-order valence-corrected chi connectivity index (χ1v) is 9.14. The van der Waals surface area contributed by atoms with Crippen LogP contribution in [0.2, 0.25) is 0 Å². The van der Waals surface area contributed by atoms with Gasteiger partial charge in [-0.2, -0.15) is 0 Å². The van der Waals surface area contributed by atoms with Gasteiger partial charge in [0.25, 0.3) is 0 Å². The van der Waals surface area contributed by atoms with Gasteiger partial charge in [0.1, 0.15) is 28.7 Å². The summed E-state index contributed by atoms with van der Waals surface area (Å²) >= 11 is 1.43. The van der Waals surface area contributed by atoms with Gasteiger partial charge in [-0.25, -0.2) is 9.78 Å². The summed E-state index contributed by atoms with van der Waals surface area (Å²) in [5.41, 5.74) is 1.54. The topological polar surface area (TPSA) is 87.1 Å². The summed E-state index contributed by atoms with van der Waals surface area (Å²) < 4.78 is 20.8. The molecule has 0 radical (unpaired) electrons. The first-order chi connectivity index (χ1) is 13.5. The van der Waals surface area contributed by atoms with Gasteiger partial charge < -0.3 is 24.1 Å². The molecule has 146 valence electrons. The zero-order valence-electron chi connectivity index (χ0n) is 15.6. The number of benzene rings is 2. The van der Waals surface area contributed by atoms with Gasteiger partial charge in [-0.3, -0.25) is 0 Å². The van der Waals surface area contributed by atoms with Gasteiger partial charge >= 0.3 is 5.97 Å². The fourth-order valence-electron chi connectivity index (χ4n) is 2.50. The van der Waals surface area contributed by atoms with E-state index >= 15 is 0 Å². The zero-order chi connectivity index (χ0) is 20.1. The summed E-state index contributed by atoms with van der Waals surface area (Å²) in [4.78, 5) is 16.7. The van der Waals surface area contributed by atoms with Gasteiger partial charge in [0.15, 0.2) is 11.5 Å². The van der Waals surface area contributed by atoms with Crippen LogP contribution in [0.1, 0.15) is 16.1 Å². The average molecular weight is 401 g/mol. The number of phenolic OH excluding ortho intramolecular Hbond substituents is 1. The maximum Gasteiger partial charge on any atom is 0.342 e. The molecule has 0 saturated carbocycles. The van der Waals surface area contributed by atoms with Gasteiger partial charge in [0.05, 0.1) is 27.0 Å². The first-order valence-electron chi connectivity index (χ1n) is 8.26. The van der Waals surface area contributed by atoms with Gasteiger partial charge in [-0.1, -0.05) is 0 Å². The number of methoxy groups -OCH3 is 3. The number of hydrogen-bond donors (Lipinski definition) is 1. The SMILES string of the molecule is COc1ccc(C(=O)OCc2csc(-c3ccc(OC)c(OC)c3)n2)c(O)c1. The summed E-state index contributed by atoms with van der Waals surface area (Å²) in [6.07, 6.45) is 0. The van der Waals surface area contributed by atoms with Crippen molar-refractivity contribution in [2.45, 2.75) is 6.61 Å². The normalized spacial score (nSPS) is 10.4. The highest BCUT2D eigenvalue weighted by Gasteiger charge is 2.15. The Morgan fingerprint density at radius 3 is 2.50 bits per heavy atom. The third-order valence-corrected chi connectivity index (χ3v) is 4.90. The molecule has 3 rings (SSSR count). The quantitative estimate of drug-likeness (QED) is 0.601. The molecule has 0 aliphatic rings. The third kappa shape index (κ3) is 4.17. The largest absolute Gasteiger partial charge is 0.507 e. The van der Waals surface area contributed by atoms with Crippen molar-refractivity contribution in [3.05, 3.63) is 53.0 Å². The summed E-state index contributed by atoms with van der Waals surface area (Å²) in [6, 6.07) is 9.91. The molecule has 8 heteroatoms. The van der Waals surface area contributed by atoms with E-state index in [1.54, 1.807) is 20.3 Å². The second-order valence-electron chi connectivity index (χ2n) is 5.67. The Labute approximate surface area is 166 Å². The number of esters is 1. The number of ether oxygens (including phenoxy) is 4. The molecule has 1 aromatic heterocycles. The smallest absolute Gasteiger partial charge is 0.342 e. The Balaban J connectivity index is 1.69. The molecule has 1 heterocycles. The number of aromatic hydroxyl groups is 1. The van der Waals surface area contributed by atoms with E-state index in [-0.39, 0.29) is 17.9 Å². The van der Waals surface area contributed by atoms with Crippen LogP contribution >= 0.6 is 11.3 Å². The molecule has 28 heavy (non-hydrogen) atoms. The molecular weight excluding hydrogens is 382 g/mol. The van der Waals surface area contributed by atoms with Crippen LogP contribution in [0.5, 0.6) is 23.0 Å². The van der Waals surface area contributed by atoms with Crippen molar-refractivity contribution in [3.63, 3.8) is 0 Å². The summed E-state index contributed by atoms with van der Waals surface area (Å²) in [5, 5.41) is 12.5. The van der Waals surface area contributed by atoms with E-state index in [0.29, 0.717) is 22.9 Å². The number of aromatic nitrogens is 1. The lowest BCUT2D eigenvalue weighted by atomic mass is 10.2. The lowest BCUT2D eigenvalue weighted by Gasteiger charge is -2.08. The Morgan fingerprint density at radius 1 is 1.04 bits per heavy atom. The van der Waals surface area contributed by atoms with Gasteiger partial charge in [-0.05, 0) is 30.3 Å². The van der Waals surface area contributed by atoms with Crippen molar-refractivity contribution < 1.29 is 28.8 Å². The highest BCUT2D eigenvalue weighted by atomic mass is 32.1. The van der Waals surface area contributed by atoms with Crippen LogP contribution in [0.15, 0.2) is 41.8 Å². The number of phenols is 1. The predicted octanol–water partition coefficient (Wildman–Crippen LogP) is 3.90. The molecule has 2 aromatic carbocycles. The average Bonchev–Trinajstić information content (AvgIpc) is 3.20. The van der Waals surface area contributed by atoms with Crippen LogP contribution in [0.4, 0.5) is 0 Å². The van der Waals surface area contributed by atoms with E-state index in [1.165, 1.54) is 30.6 Å². The van der Waals surface area contributed by atoms with Crippen LogP contribution in [0.3, 0.4) is 0 Å². The maximum atomic E-state index is 12.2. The van der Waals surface area contributed by atoms with Crippen molar-refractivity contribution in [3.8, 4) is 33.6 Å². The van der Waals surface area contributed by atoms with Gasteiger partial charge in [0, 0.05) is 17.0 Å². The molecule has 0 spiro atoms. The van der Waals surface area contributed by atoms with Crippen molar-refractivity contribution in [2.75, 3.05) is 21.3 Å². The van der Waals surface area contributed by atoms with Gasteiger partial charge in [-0.15, -0.1) is 11.3 Å². The Hall–Kier alpha value is -3.26. The molecule has 0 fully saturated rings. The highest BCUT2D eigenvalue weighted by Crippen LogP contribution is 2.33. The molecular formula is C20H19NO6S. The fraction of sp³-hybridized carbons (Fsp3) is 0.200. The molecule has 3 aromatic rings. The molecule has 0 atom stereocenters. The minimum absolute atomic E-state index is 0.00586. The van der Waals surface area contributed by atoms with E-state index < -0.39 is 5.97 Å². The number of rotatable bonds is 7. The van der Waals surface area contributed by atoms with Crippen LogP contribution < -0.4 is 14.2 Å². The summed E-state index contributed by atoms with van der Waals surface area (Å²) in [5.74, 6) is 0.858. The molecule has 0 aliphatic heterocycles. The van der Waals surface area contributed by atoms with E-state index in [4.69, 9.17) is 18.9 Å². The second-order valence-corrected chi connectivity index (χ2v) is 6.53. The van der Waals surface area contributed by atoms with Crippen LogP contribution in [-0.2, 0) is 11.3 Å². The van der Waals surface area contributed by atoms with Crippen molar-refractivity contribution in [1.82, 2.24) is 4.98 Å². The fourth-order valence-corrected chi connectivity index (χ4v) is 3.30. The van der Waals surface area contributed by atoms with Crippen LogP contribution in [-0.4, -0.2) is 37.4 Å². The second kappa shape index (κ2) is 8.62. The van der Waals surface area contributed by atoms with E-state index in [0.717, 1.165) is 10.6 Å². The molecule has 0 unspecified atom stereocenters. The molecule has 0 amide bonds. The van der Waals surface area contributed by atoms with Crippen molar-refractivity contribution in [2.24, 2.45) is 0 Å². The van der Waals surface area contributed by atoms with E-state index in [9.17, 15) is 9.90 Å². The molecule has 0 bridgehead atoms.